The van der Waals surface area contributed by atoms with Crippen LogP contribution in [0, 0.1) is 0 Å². The summed E-state index contributed by atoms with van der Waals surface area (Å²) in [6.07, 6.45) is 5.81. The van der Waals surface area contributed by atoms with Gasteiger partial charge in [-0.25, -0.2) is 4.68 Å². The fourth-order valence-electron chi connectivity index (χ4n) is 2.58. The molecule has 2 rings (SSSR count). The zero-order chi connectivity index (χ0) is 12.5. The summed E-state index contributed by atoms with van der Waals surface area (Å²) in [5.74, 6) is 0. The number of hydrogen-bond acceptors (Lipinski definition) is 3. The summed E-state index contributed by atoms with van der Waals surface area (Å²) in [6.45, 7) is 6.57. The van der Waals surface area contributed by atoms with Crippen molar-refractivity contribution in [1.82, 2.24) is 20.3 Å². The Kier molecular flexibility index (Phi) is 3.52. The molecule has 1 unspecified atom stereocenters. The third kappa shape index (κ3) is 2.68. The fourth-order valence-corrected chi connectivity index (χ4v) is 2.58. The lowest BCUT2D eigenvalue weighted by molar-refractivity contribution is 0.332. The summed E-state index contributed by atoms with van der Waals surface area (Å²) in [7, 11) is 2.05. The highest BCUT2D eigenvalue weighted by Crippen LogP contribution is 2.23. The second kappa shape index (κ2) is 4.77. The van der Waals surface area contributed by atoms with E-state index < -0.39 is 0 Å². The minimum absolute atomic E-state index is 0.0438. The standard InChI is InChI=1S/C13H24N4/c1-13(2,3)17-12-7-5-6-10(14-4)8-9-11(12)15-16-17/h10,14H,5-9H2,1-4H3. The molecule has 4 heteroatoms. The Morgan fingerprint density at radius 2 is 2.00 bits per heavy atom. The molecule has 1 heterocycles. The van der Waals surface area contributed by atoms with Gasteiger partial charge < -0.3 is 5.32 Å². The van der Waals surface area contributed by atoms with Gasteiger partial charge in [0.15, 0.2) is 0 Å². The van der Waals surface area contributed by atoms with Gasteiger partial charge in [-0.1, -0.05) is 5.21 Å². The SMILES string of the molecule is CNC1CCCc2c(nnn2C(C)(C)C)CC1. The summed E-state index contributed by atoms with van der Waals surface area (Å²) in [5.41, 5.74) is 2.61. The molecule has 1 atom stereocenters. The molecule has 1 aromatic rings. The maximum atomic E-state index is 4.38. The lowest BCUT2D eigenvalue weighted by Gasteiger charge is -2.24. The van der Waals surface area contributed by atoms with Gasteiger partial charge in [-0.2, -0.15) is 0 Å². The van der Waals surface area contributed by atoms with Crippen LogP contribution in [0.15, 0.2) is 0 Å². The summed E-state index contributed by atoms with van der Waals surface area (Å²) < 4.78 is 2.11. The maximum absolute atomic E-state index is 4.38. The zero-order valence-corrected chi connectivity index (χ0v) is 11.5. The van der Waals surface area contributed by atoms with E-state index in [1.165, 1.54) is 30.7 Å². The van der Waals surface area contributed by atoms with Crippen LogP contribution >= 0.6 is 0 Å². The number of fused-ring (bicyclic) bond motifs is 1. The van der Waals surface area contributed by atoms with Crippen LogP contribution in [0.4, 0.5) is 0 Å². The van der Waals surface area contributed by atoms with E-state index in [0.717, 1.165) is 12.8 Å². The third-order valence-corrected chi connectivity index (χ3v) is 3.58. The lowest BCUT2D eigenvalue weighted by atomic mass is 9.96. The van der Waals surface area contributed by atoms with Gasteiger partial charge in [-0.3, -0.25) is 0 Å². The van der Waals surface area contributed by atoms with Gasteiger partial charge in [0.25, 0.3) is 0 Å². The molecular weight excluding hydrogens is 212 g/mol. The van der Waals surface area contributed by atoms with Gasteiger partial charge in [-0.05, 0) is 59.9 Å². The molecule has 0 saturated heterocycles. The van der Waals surface area contributed by atoms with Crippen LogP contribution in [0.25, 0.3) is 0 Å². The predicted octanol–water partition coefficient (Wildman–Crippen LogP) is 1.89. The molecule has 0 bridgehead atoms. The molecule has 1 N–H and O–H groups in total. The van der Waals surface area contributed by atoms with E-state index in [1.807, 2.05) is 0 Å². The monoisotopic (exact) mass is 236 g/mol. The van der Waals surface area contributed by atoms with Gasteiger partial charge in [0.2, 0.25) is 0 Å². The Bertz CT molecular complexity index is 375. The van der Waals surface area contributed by atoms with Crippen molar-refractivity contribution in [3.05, 3.63) is 11.4 Å². The van der Waals surface area contributed by atoms with Crippen LogP contribution < -0.4 is 5.32 Å². The average molecular weight is 236 g/mol. The van der Waals surface area contributed by atoms with Crippen molar-refractivity contribution in [2.75, 3.05) is 7.05 Å². The first-order valence-corrected chi connectivity index (χ1v) is 6.63. The molecule has 1 aliphatic carbocycles. The topological polar surface area (TPSA) is 42.7 Å². The molecular formula is C13H24N4. The highest BCUT2D eigenvalue weighted by molar-refractivity contribution is 5.13. The Labute approximate surface area is 104 Å². The molecule has 0 fully saturated rings. The molecule has 4 nitrogen and oxygen atoms in total. The highest BCUT2D eigenvalue weighted by Gasteiger charge is 2.24. The van der Waals surface area contributed by atoms with E-state index in [1.54, 1.807) is 0 Å². The van der Waals surface area contributed by atoms with Crippen LogP contribution in [-0.4, -0.2) is 28.1 Å². The van der Waals surface area contributed by atoms with Crippen LogP contribution in [0.3, 0.4) is 0 Å². The first-order valence-electron chi connectivity index (χ1n) is 6.63. The number of hydrogen-bond donors (Lipinski definition) is 1. The van der Waals surface area contributed by atoms with Gasteiger partial charge in [0.1, 0.15) is 0 Å². The van der Waals surface area contributed by atoms with Crippen molar-refractivity contribution in [3.63, 3.8) is 0 Å². The van der Waals surface area contributed by atoms with Crippen molar-refractivity contribution >= 4 is 0 Å². The van der Waals surface area contributed by atoms with E-state index >= 15 is 0 Å². The van der Waals surface area contributed by atoms with Gasteiger partial charge >= 0.3 is 0 Å². The summed E-state index contributed by atoms with van der Waals surface area (Å²) >= 11 is 0. The number of nitrogens with zero attached hydrogens (tertiary/aromatic N) is 3. The Balaban J connectivity index is 2.24. The molecule has 0 aromatic carbocycles. The number of aromatic nitrogens is 3. The highest BCUT2D eigenvalue weighted by atomic mass is 15.5. The number of rotatable bonds is 1. The number of aryl methyl sites for hydroxylation is 1. The molecule has 1 aliphatic rings. The molecule has 17 heavy (non-hydrogen) atoms. The molecule has 1 aromatic heterocycles. The van der Waals surface area contributed by atoms with Crippen molar-refractivity contribution in [3.8, 4) is 0 Å². The van der Waals surface area contributed by atoms with Gasteiger partial charge in [-0.15, -0.1) is 5.10 Å². The minimum Gasteiger partial charge on any atom is -0.317 e. The van der Waals surface area contributed by atoms with Crippen LogP contribution in [0.5, 0.6) is 0 Å². The second-order valence-corrected chi connectivity index (χ2v) is 5.98. The smallest absolute Gasteiger partial charge is 0.0860 e. The molecule has 0 radical (unpaired) electrons. The van der Waals surface area contributed by atoms with Crippen LogP contribution in [0.2, 0.25) is 0 Å². The van der Waals surface area contributed by atoms with Crippen LogP contribution in [0.1, 0.15) is 51.4 Å². The van der Waals surface area contributed by atoms with E-state index in [0.29, 0.717) is 6.04 Å². The molecule has 0 amide bonds. The summed E-state index contributed by atoms with van der Waals surface area (Å²) in [5, 5.41) is 12.1. The third-order valence-electron chi connectivity index (χ3n) is 3.58. The maximum Gasteiger partial charge on any atom is 0.0860 e. The first-order chi connectivity index (χ1) is 8.02. The van der Waals surface area contributed by atoms with Gasteiger partial charge in [0, 0.05) is 6.04 Å². The second-order valence-electron chi connectivity index (χ2n) is 5.98. The average Bonchev–Trinajstić information content (AvgIpc) is 2.60. The minimum atomic E-state index is 0.0438. The Morgan fingerprint density at radius 1 is 1.24 bits per heavy atom. The van der Waals surface area contributed by atoms with Crippen molar-refractivity contribution in [2.45, 2.75) is 64.5 Å². The summed E-state index contributed by atoms with van der Waals surface area (Å²) in [6, 6.07) is 0.642. The molecule has 0 aliphatic heterocycles. The van der Waals surface area contributed by atoms with Crippen molar-refractivity contribution in [2.24, 2.45) is 0 Å². The lowest BCUT2D eigenvalue weighted by Crippen LogP contribution is -2.29. The zero-order valence-electron chi connectivity index (χ0n) is 11.5. The van der Waals surface area contributed by atoms with E-state index in [4.69, 9.17) is 0 Å². The fraction of sp³-hybridized carbons (Fsp3) is 0.846. The first kappa shape index (κ1) is 12.6. The van der Waals surface area contributed by atoms with Crippen molar-refractivity contribution < 1.29 is 0 Å². The molecule has 0 spiro atoms. The largest absolute Gasteiger partial charge is 0.317 e. The van der Waals surface area contributed by atoms with Crippen LogP contribution in [-0.2, 0) is 18.4 Å². The van der Waals surface area contributed by atoms with E-state index in [2.05, 4.69) is 48.1 Å². The van der Waals surface area contributed by atoms with E-state index in [-0.39, 0.29) is 5.54 Å². The van der Waals surface area contributed by atoms with Gasteiger partial charge in [0.05, 0.1) is 16.9 Å². The number of nitrogens with one attached hydrogen (secondary N) is 1. The Hall–Kier alpha value is -0.900. The Morgan fingerprint density at radius 3 is 2.65 bits per heavy atom. The molecule has 0 saturated carbocycles. The summed E-state index contributed by atoms with van der Waals surface area (Å²) in [4.78, 5) is 0. The predicted molar refractivity (Wildman–Crippen MR) is 69.1 cm³/mol. The van der Waals surface area contributed by atoms with E-state index in [9.17, 15) is 0 Å². The van der Waals surface area contributed by atoms with Crippen molar-refractivity contribution in [1.29, 1.82) is 0 Å². The normalized spacial score (nSPS) is 21.8. The molecule has 96 valence electrons. The quantitative estimate of drug-likeness (QED) is 0.809.